The molecular weight excluding hydrogens is 326 g/mol. The molecule has 0 aliphatic heterocycles. The van der Waals surface area contributed by atoms with Crippen LogP contribution in [-0.2, 0) is 0 Å². The molecule has 1 aliphatic carbocycles. The number of pyridine rings is 1. The van der Waals surface area contributed by atoms with Gasteiger partial charge in [-0.2, -0.15) is 0 Å². The maximum Gasteiger partial charge on any atom is 0.0702 e. The third-order valence-electron chi connectivity index (χ3n) is 6.07. The Balaban J connectivity index is 1.59. The lowest BCUT2D eigenvalue weighted by Crippen LogP contribution is -2.06. The third kappa shape index (κ3) is 3.98. The Bertz CT molecular complexity index is 866. The van der Waals surface area contributed by atoms with E-state index in [1.165, 1.54) is 47.9 Å². The van der Waals surface area contributed by atoms with Gasteiger partial charge in [-0.05, 0) is 47.8 Å². The summed E-state index contributed by atoms with van der Waals surface area (Å²) in [6, 6.07) is 23.9. The number of hydrogen-bond donors (Lipinski definition) is 0. The van der Waals surface area contributed by atoms with Gasteiger partial charge in [0.05, 0.1) is 5.69 Å². The van der Waals surface area contributed by atoms with Crippen LogP contribution in [0.2, 0.25) is 0 Å². The predicted octanol–water partition coefficient (Wildman–Crippen LogP) is 7.35. The van der Waals surface area contributed by atoms with E-state index in [4.69, 9.17) is 4.98 Å². The van der Waals surface area contributed by atoms with Crippen molar-refractivity contribution >= 4 is 0 Å². The van der Waals surface area contributed by atoms with E-state index in [0.29, 0.717) is 0 Å². The Morgan fingerprint density at radius 3 is 2.41 bits per heavy atom. The Labute approximate surface area is 163 Å². The second kappa shape index (κ2) is 8.08. The lowest BCUT2D eigenvalue weighted by atomic mass is 9.85. The summed E-state index contributed by atoms with van der Waals surface area (Å²) in [5, 5.41) is 0. The van der Waals surface area contributed by atoms with Gasteiger partial charge in [-0.25, -0.2) is 0 Å². The Morgan fingerprint density at radius 1 is 0.852 bits per heavy atom. The van der Waals surface area contributed by atoms with Gasteiger partial charge >= 0.3 is 0 Å². The molecule has 1 heteroatoms. The molecule has 138 valence electrons. The average molecular weight is 356 g/mol. The van der Waals surface area contributed by atoms with Crippen LogP contribution in [0, 0.1) is 11.8 Å². The van der Waals surface area contributed by atoms with Gasteiger partial charge in [0, 0.05) is 17.3 Å². The van der Waals surface area contributed by atoms with E-state index in [9.17, 15) is 0 Å². The van der Waals surface area contributed by atoms with Gasteiger partial charge in [0.1, 0.15) is 0 Å². The van der Waals surface area contributed by atoms with Crippen LogP contribution in [0.1, 0.15) is 51.0 Å². The average Bonchev–Trinajstić information content (AvgIpc) is 3.09. The number of hydrogen-bond acceptors (Lipinski definition) is 1. The highest BCUT2D eigenvalue weighted by Gasteiger charge is 2.32. The molecule has 3 unspecified atom stereocenters. The Hall–Kier alpha value is -2.41. The van der Waals surface area contributed by atoms with Crippen molar-refractivity contribution in [3.63, 3.8) is 0 Å². The lowest BCUT2D eigenvalue weighted by Gasteiger charge is -2.20. The smallest absolute Gasteiger partial charge is 0.0702 e. The van der Waals surface area contributed by atoms with Crippen LogP contribution in [0.15, 0.2) is 72.9 Å². The van der Waals surface area contributed by atoms with Crippen LogP contribution >= 0.6 is 0 Å². The summed E-state index contributed by atoms with van der Waals surface area (Å²) in [6.45, 7) is 4.73. The second-order valence-electron chi connectivity index (χ2n) is 8.16. The van der Waals surface area contributed by atoms with Gasteiger partial charge in [-0.1, -0.05) is 87.4 Å². The van der Waals surface area contributed by atoms with E-state index in [1.807, 2.05) is 12.3 Å². The number of benzene rings is 2. The highest BCUT2D eigenvalue weighted by atomic mass is 14.7. The molecule has 1 saturated carbocycles. The largest absolute Gasteiger partial charge is 0.256 e. The molecule has 0 bridgehead atoms. The highest BCUT2D eigenvalue weighted by Crippen LogP contribution is 2.45. The van der Waals surface area contributed by atoms with Gasteiger partial charge in [0.25, 0.3) is 0 Å². The first kappa shape index (κ1) is 18.0. The zero-order valence-electron chi connectivity index (χ0n) is 16.4. The van der Waals surface area contributed by atoms with Crippen molar-refractivity contribution in [1.82, 2.24) is 4.98 Å². The molecule has 0 spiro atoms. The normalized spacial score (nSPS) is 22.1. The standard InChI is InChI=1S/C26H29N/c1-3-8-22-15-19(2)16-25(22)23-12-7-11-21(17-23)24-13-14-26(27-18-24)20-9-5-4-6-10-20/h4-7,9-14,17-19,22,25H,3,8,15-16H2,1-2H3. The van der Waals surface area contributed by atoms with Crippen LogP contribution in [0.25, 0.3) is 22.4 Å². The summed E-state index contributed by atoms with van der Waals surface area (Å²) in [5.41, 5.74) is 6.20. The van der Waals surface area contributed by atoms with Crippen LogP contribution in [0.3, 0.4) is 0 Å². The second-order valence-corrected chi connectivity index (χ2v) is 8.16. The van der Waals surface area contributed by atoms with Crippen molar-refractivity contribution in [2.24, 2.45) is 11.8 Å². The van der Waals surface area contributed by atoms with Crippen LogP contribution in [0.5, 0.6) is 0 Å². The van der Waals surface area contributed by atoms with Crippen LogP contribution < -0.4 is 0 Å². The highest BCUT2D eigenvalue weighted by molar-refractivity contribution is 5.67. The third-order valence-corrected chi connectivity index (χ3v) is 6.07. The first-order valence-corrected chi connectivity index (χ1v) is 10.4. The zero-order chi connectivity index (χ0) is 18.6. The zero-order valence-corrected chi connectivity index (χ0v) is 16.4. The summed E-state index contributed by atoms with van der Waals surface area (Å²) in [4.78, 5) is 4.71. The predicted molar refractivity (Wildman–Crippen MR) is 115 cm³/mol. The minimum absolute atomic E-state index is 0.719. The monoisotopic (exact) mass is 355 g/mol. The van der Waals surface area contributed by atoms with Crippen molar-refractivity contribution < 1.29 is 0 Å². The summed E-state index contributed by atoms with van der Waals surface area (Å²) in [7, 11) is 0. The molecule has 1 heterocycles. The van der Waals surface area contributed by atoms with Crippen LogP contribution in [-0.4, -0.2) is 4.98 Å². The van der Waals surface area contributed by atoms with Gasteiger partial charge in [0.15, 0.2) is 0 Å². The van der Waals surface area contributed by atoms with Crippen LogP contribution in [0.4, 0.5) is 0 Å². The van der Waals surface area contributed by atoms with E-state index >= 15 is 0 Å². The molecule has 1 nitrogen and oxygen atoms in total. The first-order chi connectivity index (χ1) is 13.2. The van der Waals surface area contributed by atoms with Crippen molar-refractivity contribution in [3.05, 3.63) is 78.5 Å². The molecule has 3 atom stereocenters. The number of aromatic nitrogens is 1. The molecule has 0 saturated heterocycles. The Morgan fingerprint density at radius 2 is 1.67 bits per heavy atom. The summed E-state index contributed by atoms with van der Waals surface area (Å²) in [5.74, 6) is 2.41. The SMILES string of the molecule is CCCC1CC(C)CC1c1cccc(-c2ccc(-c3ccccc3)nc2)c1. The minimum atomic E-state index is 0.719. The molecule has 2 aromatic carbocycles. The molecule has 0 N–H and O–H groups in total. The number of rotatable bonds is 5. The molecular formula is C26H29N. The summed E-state index contributed by atoms with van der Waals surface area (Å²) in [6.07, 6.45) is 7.38. The maximum absolute atomic E-state index is 4.71. The quantitative estimate of drug-likeness (QED) is 0.466. The van der Waals surface area contributed by atoms with E-state index in [1.54, 1.807) is 0 Å². The van der Waals surface area contributed by atoms with E-state index in [2.05, 4.69) is 74.5 Å². The molecule has 0 radical (unpaired) electrons. The van der Waals surface area contributed by atoms with Crippen molar-refractivity contribution in [2.75, 3.05) is 0 Å². The maximum atomic E-state index is 4.71. The molecule has 1 fully saturated rings. The topological polar surface area (TPSA) is 12.9 Å². The van der Waals surface area contributed by atoms with Gasteiger partial charge in [-0.3, -0.25) is 4.98 Å². The van der Waals surface area contributed by atoms with Crippen molar-refractivity contribution in [2.45, 2.75) is 45.4 Å². The van der Waals surface area contributed by atoms with Gasteiger partial charge in [-0.15, -0.1) is 0 Å². The molecule has 1 aliphatic rings. The van der Waals surface area contributed by atoms with E-state index in [-0.39, 0.29) is 0 Å². The number of nitrogens with zero attached hydrogens (tertiary/aromatic N) is 1. The summed E-state index contributed by atoms with van der Waals surface area (Å²) < 4.78 is 0. The molecule has 4 rings (SSSR count). The fraction of sp³-hybridized carbons (Fsp3) is 0.346. The minimum Gasteiger partial charge on any atom is -0.256 e. The first-order valence-electron chi connectivity index (χ1n) is 10.4. The van der Waals surface area contributed by atoms with Gasteiger partial charge in [0.2, 0.25) is 0 Å². The molecule has 3 aromatic rings. The van der Waals surface area contributed by atoms with Crippen molar-refractivity contribution in [1.29, 1.82) is 0 Å². The fourth-order valence-electron chi connectivity index (χ4n) is 4.79. The molecule has 0 amide bonds. The molecule has 1 aromatic heterocycles. The fourth-order valence-corrected chi connectivity index (χ4v) is 4.79. The van der Waals surface area contributed by atoms with Gasteiger partial charge < -0.3 is 0 Å². The summed E-state index contributed by atoms with van der Waals surface area (Å²) >= 11 is 0. The lowest BCUT2D eigenvalue weighted by molar-refractivity contribution is 0.438. The van der Waals surface area contributed by atoms with E-state index < -0.39 is 0 Å². The van der Waals surface area contributed by atoms with E-state index in [0.717, 1.165) is 23.4 Å². The Kier molecular flexibility index (Phi) is 5.38. The molecule has 27 heavy (non-hydrogen) atoms. The van der Waals surface area contributed by atoms with Crippen molar-refractivity contribution in [3.8, 4) is 22.4 Å².